The van der Waals surface area contributed by atoms with Crippen LogP contribution in [0.3, 0.4) is 0 Å². The van der Waals surface area contributed by atoms with E-state index >= 15 is 0 Å². The lowest BCUT2D eigenvalue weighted by molar-refractivity contribution is 0.539. The zero-order valence-corrected chi connectivity index (χ0v) is 7.44. The molecule has 0 bridgehead atoms. The molecule has 0 radical (unpaired) electrons. The summed E-state index contributed by atoms with van der Waals surface area (Å²) < 4.78 is 0. The summed E-state index contributed by atoms with van der Waals surface area (Å²) in [5, 5.41) is 0.993. The summed E-state index contributed by atoms with van der Waals surface area (Å²) in [6.07, 6.45) is 4.31. The molecule has 0 aliphatic heterocycles. The van der Waals surface area contributed by atoms with Crippen molar-refractivity contribution in [3.63, 3.8) is 0 Å². The highest BCUT2D eigenvalue weighted by Gasteiger charge is 2.16. The molecule has 0 nitrogen and oxygen atoms in total. The van der Waals surface area contributed by atoms with Gasteiger partial charge in [-0.05, 0) is 24.8 Å². The first-order chi connectivity index (χ1) is 4.61. The van der Waals surface area contributed by atoms with Gasteiger partial charge in [0.15, 0.2) is 0 Å². The van der Waals surface area contributed by atoms with Crippen LogP contribution in [0.1, 0.15) is 20.8 Å². The topological polar surface area (TPSA) is 0 Å². The summed E-state index contributed by atoms with van der Waals surface area (Å²) in [6.45, 7) is 6.45. The monoisotopic (exact) mass is 156 g/mol. The molecule has 0 aromatic carbocycles. The quantitative estimate of drug-likeness (QED) is 0.505. The molecule has 56 valence electrons. The lowest BCUT2D eigenvalue weighted by atomic mass is 9.89. The minimum atomic E-state index is 0.505. The van der Waals surface area contributed by atoms with Crippen molar-refractivity contribution in [2.75, 3.05) is 0 Å². The van der Waals surface area contributed by atoms with E-state index in [4.69, 9.17) is 11.6 Å². The van der Waals surface area contributed by atoms with Crippen LogP contribution in [0.2, 0.25) is 0 Å². The van der Waals surface area contributed by atoms with Crippen molar-refractivity contribution < 1.29 is 0 Å². The fraction of sp³-hybridized carbons (Fsp3) is 0.556. The Labute approximate surface area is 67.6 Å². The van der Waals surface area contributed by atoms with Crippen molar-refractivity contribution in [2.45, 2.75) is 20.8 Å². The van der Waals surface area contributed by atoms with Crippen molar-refractivity contribution in [3.8, 4) is 0 Å². The average molecular weight is 157 g/mol. The van der Waals surface area contributed by atoms with E-state index in [2.05, 4.69) is 26.8 Å². The van der Waals surface area contributed by atoms with E-state index in [9.17, 15) is 0 Å². The Balaban J connectivity index is 2.85. The molecule has 1 rings (SSSR count). The Morgan fingerprint density at radius 1 is 1.40 bits per heavy atom. The van der Waals surface area contributed by atoms with Crippen molar-refractivity contribution in [2.24, 2.45) is 11.8 Å². The van der Waals surface area contributed by atoms with E-state index in [0.717, 1.165) is 5.03 Å². The molecule has 0 amide bonds. The van der Waals surface area contributed by atoms with E-state index < -0.39 is 0 Å². The van der Waals surface area contributed by atoms with Crippen LogP contribution in [-0.2, 0) is 0 Å². The minimum absolute atomic E-state index is 0.505. The van der Waals surface area contributed by atoms with Gasteiger partial charge in [-0.2, -0.15) is 0 Å². The maximum Gasteiger partial charge on any atom is 0.0217 e. The molecular formula is C9H13Cl. The molecule has 0 aromatic heterocycles. The molecule has 0 aromatic rings. The minimum Gasteiger partial charge on any atom is -0.0888 e. The van der Waals surface area contributed by atoms with E-state index in [1.165, 1.54) is 5.57 Å². The van der Waals surface area contributed by atoms with Crippen LogP contribution in [0, 0.1) is 11.8 Å². The Morgan fingerprint density at radius 2 is 2.00 bits per heavy atom. The van der Waals surface area contributed by atoms with Crippen molar-refractivity contribution in [1.82, 2.24) is 0 Å². The van der Waals surface area contributed by atoms with Crippen molar-refractivity contribution >= 4 is 11.6 Å². The first kappa shape index (κ1) is 7.87. The summed E-state index contributed by atoms with van der Waals surface area (Å²) in [4.78, 5) is 0. The lowest BCUT2D eigenvalue weighted by Gasteiger charge is -2.20. The highest BCUT2D eigenvalue weighted by Crippen LogP contribution is 2.30. The Bertz CT molecular complexity index is 189. The smallest absolute Gasteiger partial charge is 0.0217 e. The first-order valence-corrected chi connectivity index (χ1v) is 4.04. The SMILES string of the molecule is CC1=CC(C)C(C)C(Cl)=C1. The van der Waals surface area contributed by atoms with Gasteiger partial charge < -0.3 is 0 Å². The van der Waals surface area contributed by atoms with E-state index in [-0.39, 0.29) is 0 Å². The zero-order chi connectivity index (χ0) is 7.72. The van der Waals surface area contributed by atoms with Gasteiger partial charge in [-0.1, -0.05) is 37.1 Å². The molecule has 0 fully saturated rings. The molecule has 0 N–H and O–H groups in total. The highest BCUT2D eigenvalue weighted by atomic mass is 35.5. The van der Waals surface area contributed by atoms with Gasteiger partial charge in [-0.25, -0.2) is 0 Å². The molecule has 10 heavy (non-hydrogen) atoms. The maximum absolute atomic E-state index is 5.98. The summed E-state index contributed by atoms with van der Waals surface area (Å²) in [5.41, 5.74) is 1.29. The summed E-state index contributed by atoms with van der Waals surface area (Å²) >= 11 is 5.98. The van der Waals surface area contributed by atoms with Crippen LogP contribution in [0.5, 0.6) is 0 Å². The van der Waals surface area contributed by atoms with Crippen LogP contribution in [0.25, 0.3) is 0 Å². The van der Waals surface area contributed by atoms with E-state index in [0.29, 0.717) is 11.8 Å². The first-order valence-electron chi connectivity index (χ1n) is 3.67. The second-order valence-electron chi connectivity index (χ2n) is 3.09. The normalized spacial score (nSPS) is 33.2. The van der Waals surface area contributed by atoms with Gasteiger partial charge >= 0.3 is 0 Å². The van der Waals surface area contributed by atoms with Crippen molar-refractivity contribution in [3.05, 3.63) is 22.8 Å². The molecule has 2 unspecified atom stereocenters. The number of allylic oxidation sites excluding steroid dienone is 4. The number of hydrogen-bond donors (Lipinski definition) is 0. The fourth-order valence-electron chi connectivity index (χ4n) is 1.21. The average Bonchev–Trinajstić information content (AvgIpc) is 1.82. The summed E-state index contributed by atoms with van der Waals surface area (Å²) in [7, 11) is 0. The largest absolute Gasteiger partial charge is 0.0888 e. The predicted octanol–water partition coefficient (Wildman–Crippen LogP) is 3.34. The molecule has 0 heterocycles. The molecule has 0 saturated carbocycles. The predicted molar refractivity (Wildman–Crippen MR) is 46.0 cm³/mol. The molecule has 1 aliphatic carbocycles. The second kappa shape index (κ2) is 2.79. The number of hydrogen-bond acceptors (Lipinski definition) is 0. The van der Waals surface area contributed by atoms with Gasteiger partial charge in [-0.3, -0.25) is 0 Å². The third-order valence-corrected chi connectivity index (χ3v) is 2.57. The van der Waals surface area contributed by atoms with Gasteiger partial charge in [0.25, 0.3) is 0 Å². The van der Waals surface area contributed by atoms with Gasteiger partial charge in [0.2, 0.25) is 0 Å². The zero-order valence-electron chi connectivity index (χ0n) is 6.69. The Hall–Kier alpha value is -0.230. The van der Waals surface area contributed by atoms with Gasteiger partial charge in [0.1, 0.15) is 0 Å². The van der Waals surface area contributed by atoms with Crippen LogP contribution in [-0.4, -0.2) is 0 Å². The summed E-state index contributed by atoms with van der Waals surface area (Å²) in [5.74, 6) is 1.10. The maximum atomic E-state index is 5.98. The molecule has 0 saturated heterocycles. The Kier molecular flexibility index (Phi) is 2.20. The second-order valence-corrected chi connectivity index (χ2v) is 3.52. The molecule has 2 atom stereocenters. The molecule has 1 heteroatoms. The number of halogens is 1. The van der Waals surface area contributed by atoms with Crippen LogP contribution in [0.15, 0.2) is 22.8 Å². The molecular weight excluding hydrogens is 144 g/mol. The highest BCUT2D eigenvalue weighted by molar-refractivity contribution is 6.30. The van der Waals surface area contributed by atoms with Crippen molar-refractivity contribution in [1.29, 1.82) is 0 Å². The van der Waals surface area contributed by atoms with Crippen LogP contribution < -0.4 is 0 Å². The van der Waals surface area contributed by atoms with Crippen LogP contribution >= 0.6 is 11.6 Å². The third-order valence-electron chi connectivity index (χ3n) is 2.12. The van der Waals surface area contributed by atoms with E-state index in [1.54, 1.807) is 0 Å². The Morgan fingerprint density at radius 3 is 2.50 bits per heavy atom. The summed E-state index contributed by atoms with van der Waals surface area (Å²) in [6, 6.07) is 0. The standard InChI is InChI=1S/C9H13Cl/c1-6-4-7(2)8(3)9(10)5-6/h4-5,7-8H,1-3H3. The van der Waals surface area contributed by atoms with E-state index in [1.807, 2.05) is 6.08 Å². The molecule has 0 spiro atoms. The third kappa shape index (κ3) is 1.43. The van der Waals surface area contributed by atoms with Gasteiger partial charge in [-0.15, -0.1) is 0 Å². The lowest BCUT2D eigenvalue weighted by Crippen LogP contribution is -2.09. The van der Waals surface area contributed by atoms with Gasteiger partial charge in [0.05, 0.1) is 0 Å². The fourth-order valence-corrected chi connectivity index (χ4v) is 1.58. The van der Waals surface area contributed by atoms with Gasteiger partial charge in [0, 0.05) is 5.03 Å². The van der Waals surface area contributed by atoms with Crippen LogP contribution in [0.4, 0.5) is 0 Å². The number of rotatable bonds is 0. The molecule has 1 aliphatic rings.